The summed E-state index contributed by atoms with van der Waals surface area (Å²) in [6, 6.07) is 2.06. The molecule has 1 aromatic carbocycles. The van der Waals surface area contributed by atoms with E-state index >= 15 is 0 Å². The van der Waals surface area contributed by atoms with Crippen molar-refractivity contribution in [3.8, 4) is 0 Å². The number of rotatable bonds is 8. The van der Waals surface area contributed by atoms with E-state index in [0.717, 1.165) is 12.5 Å². The summed E-state index contributed by atoms with van der Waals surface area (Å²) in [5.41, 5.74) is 0.0317. The highest BCUT2D eigenvalue weighted by Gasteiger charge is 2.21. The third-order valence-corrected chi connectivity index (χ3v) is 3.91. The minimum Gasteiger partial charge on any atom is -0.391 e. The van der Waals surface area contributed by atoms with E-state index in [4.69, 9.17) is 0 Å². The number of hydrogen-bond acceptors (Lipinski definition) is 3. The van der Waals surface area contributed by atoms with Gasteiger partial charge in [0.2, 0.25) is 11.8 Å². The van der Waals surface area contributed by atoms with E-state index in [1.54, 1.807) is 0 Å². The average molecular weight is 342 g/mol. The molecule has 0 aliphatic carbocycles. The van der Waals surface area contributed by atoms with Gasteiger partial charge < -0.3 is 15.7 Å². The molecule has 5 nitrogen and oxygen atoms in total. The first-order chi connectivity index (χ1) is 11.2. The van der Waals surface area contributed by atoms with Crippen LogP contribution in [0, 0.1) is 17.6 Å². The number of carbonyl (C=O) groups is 2. The molecule has 1 aromatic rings. The maximum Gasteiger partial charge on any atom is 0.222 e. The summed E-state index contributed by atoms with van der Waals surface area (Å²) >= 11 is 0. The fourth-order valence-corrected chi connectivity index (χ4v) is 2.22. The van der Waals surface area contributed by atoms with Crippen LogP contribution in [0.1, 0.15) is 45.2 Å². The lowest BCUT2D eigenvalue weighted by atomic mass is 10.0. The Morgan fingerprint density at radius 3 is 2.50 bits per heavy atom. The van der Waals surface area contributed by atoms with Gasteiger partial charge in [-0.2, -0.15) is 0 Å². The van der Waals surface area contributed by atoms with Gasteiger partial charge in [0.25, 0.3) is 0 Å². The zero-order valence-corrected chi connectivity index (χ0v) is 14.1. The first kappa shape index (κ1) is 20.0. The van der Waals surface area contributed by atoms with Crippen molar-refractivity contribution in [2.75, 3.05) is 6.54 Å². The van der Waals surface area contributed by atoms with Gasteiger partial charge in [0.05, 0.1) is 18.6 Å². The molecule has 0 radical (unpaired) electrons. The molecule has 3 N–H and O–H groups in total. The Bertz CT molecular complexity index is 581. The van der Waals surface area contributed by atoms with Gasteiger partial charge in [0.1, 0.15) is 11.6 Å². The maximum atomic E-state index is 13.9. The van der Waals surface area contributed by atoms with Crippen molar-refractivity contribution in [1.82, 2.24) is 10.6 Å². The number of hydrogen-bond donors (Lipinski definition) is 3. The van der Waals surface area contributed by atoms with Crippen molar-refractivity contribution in [2.24, 2.45) is 5.92 Å². The zero-order chi connectivity index (χ0) is 18.3. The van der Waals surface area contributed by atoms with Crippen LogP contribution in [0.15, 0.2) is 18.2 Å². The predicted octanol–water partition coefficient (Wildman–Crippen LogP) is 2.06. The number of aliphatic hydroxyl groups is 1. The minimum absolute atomic E-state index is 0.0317. The Hall–Kier alpha value is -2.02. The Labute approximate surface area is 140 Å². The molecule has 134 valence electrons. The Kier molecular flexibility index (Phi) is 7.78. The second kappa shape index (κ2) is 9.32. The van der Waals surface area contributed by atoms with Crippen LogP contribution in [0.2, 0.25) is 0 Å². The fourth-order valence-electron chi connectivity index (χ4n) is 2.22. The van der Waals surface area contributed by atoms with Crippen molar-refractivity contribution >= 4 is 11.8 Å². The molecule has 0 saturated carbocycles. The summed E-state index contributed by atoms with van der Waals surface area (Å²) < 4.78 is 26.9. The van der Waals surface area contributed by atoms with Crippen molar-refractivity contribution < 1.29 is 23.5 Å². The highest BCUT2D eigenvalue weighted by molar-refractivity contribution is 5.79. The molecule has 0 spiro atoms. The van der Waals surface area contributed by atoms with Crippen LogP contribution in [0.4, 0.5) is 8.78 Å². The summed E-state index contributed by atoms with van der Waals surface area (Å²) in [5, 5.41) is 14.9. The summed E-state index contributed by atoms with van der Waals surface area (Å²) in [5.74, 6) is -2.41. The molecule has 3 unspecified atom stereocenters. The average Bonchev–Trinajstić information content (AvgIpc) is 2.50. The molecule has 2 amide bonds. The molecule has 0 aliphatic rings. The summed E-state index contributed by atoms with van der Waals surface area (Å²) in [6.07, 6.45) is -0.123. The number of benzene rings is 1. The van der Waals surface area contributed by atoms with Crippen LogP contribution in [0.25, 0.3) is 0 Å². The smallest absolute Gasteiger partial charge is 0.222 e. The molecule has 3 atom stereocenters. The van der Waals surface area contributed by atoms with Crippen molar-refractivity contribution in [2.45, 2.75) is 45.8 Å². The summed E-state index contributed by atoms with van der Waals surface area (Å²) in [6.45, 7) is 5.12. The molecule has 0 fully saturated rings. The van der Waals surface area contributed by atoms with Gasteiger partial charge in [-0.05, 0) is 12.0 Å². The largest absolute Gasteiger partial charge is 0.391 e. The zero-order valence-electron chi connectivity index (χ0n) is 14.1. The number of nitrogens with one attached hydrogen (secondary N) is 2. The molecule has 0 heterocycles. The highest BCUT2D eigenvalue weighted by atomic mass is 19.1. The van der Waals surface area contributed by atoms with E-state index in [-0.39, 0.29) is 24.4 Å². The van der Waals surface area contributed by atoms with Crippen LogP contribution < -0.4 is 10.6 Å². The number of amides is 2. The lowest BCUT2D eigenvalue weighted by molar-refractivity contribution is -0.123. The molecule has 0 aliphatic heterocycles. The van der Waals surface area contributed by atoms with E-state index in [2.05, 4.69) is 10.6 Å². The third kappa shape index (κ3) is 6.23. The topological polar surface area (TPSA) is 78.4 Å². The second-order valence-electron chi connectivity index (χ2n) is 5.88. The Balaban J connectivity index is 2.76. The van der Waals surface area contributed by atoms with Crippen molar-refractivity contribution in [1.29, 1.82) is 0 Å². The molecule has 0 saturated heterocycles. The normalized spacial score (nSPS) is 14.6. The van der Waals surface area contributed by atoms with Gasteiger partial charge in [0, 0.05) is 25.1 Å². The molecule has 0 aromatic heterocycles. The molecular formula is C17H24F2N2O3. The van der Waals surface area contributed by atoms with Crippen LogP contribution in [0.5, 0.6) is 0 Å². The van der Waals surface area contributed by atoms with E-state index in [9.17, 15) is 23.5 Å². The first-order valence-corrected chi connectivity index (χ1v) is 7.91. The van der Waals surface area contributed by atoms with E-state index in [1.165, 1.54) is 13.0 Å². The SMILES string of the molecule is CCC(C)C(O)CNC(=O)CC(NC(C)=O)c1ccc(F)cc1F. The molecule has 1 rings (SSSR count). The summed E-state index contributed by atoms with van der Waals surface area (Å²) in [4.78, 5) is 23.3. The molecule has 0 bridgehead atoms. The van der Waals surface area contributed by atoms with Crippen molar-refractivity contribution in [3.63, 3.8) is 0 Å². The number of carbonyl (C=O) groups excluding carboxylic acids is 2. The van der Waals surface area contributed by atoms with Crippen LogP contribution in [0.3, 0.4) is 0 Å². The Morgan fingerprint density at radius 2 is 1.96 bits per heavy atom. The number of halogens is 2. The third-order valence-electron chi connectivity index (χ3n) is 3.91. The van der Waals surface area contributed by atoms with Crippen LogP contribution >= 0.6 is 0 Å². The Morgan fingerprint density at radius 1 is 1.29 bits per heavy atom. The van der Waals surface area contributed by atoms with E-state index < -0.39 is 35.6 Å². The molecule has 7 heteroatoms. The van der Waals surface area contributed by atoms with Gasteiger partial charge in [-0.3, -0.25) is 9.59 Å². The maximum absolute atomic E-state index is 13.9. The molecule has 24 heavy (non-hydrogen) atoms. The van der Waals surface area contributed by atoms with Gasteiger partial charge in [-0.1, -0.05) is 26.3 Å². The number of aliphatic hydroxyl groups excluding tert-OH is 1. The lowest BCUT2D eigenvalue weighted by Crippen LogP contribution is -2.38. The van der Waals surface area contributed by atoms with Gasteiger partial charge in [-0.15, -0.1) is 0 Å². The standard InChI is InChI=1S/C17H24F2N2O3/c1-4-10(2)16(23)9-20-17(24)8-15(21-11(3)22)13-6-5-12(18)7-14(13)19/h5-7,10,15-16,23H,4,8-9H2,1-3H3,(H,20,24)(H,21,22). The van der Waals surface area contributed by atoms with Gasteiger partial charge >= 0.3 is 0 Å². The van der Waals surface area contributed by atoms with E-state index in [0.29, 0.717) is 6.07 Å². The van der Waals surface area contributed by atoms with Gasteiger partial charge in [-0.25, -0.2) is 8.78 Å². The van der Waals surface area contributed by atoms with Crippen LogP contribution in [-0.2, 0) is 9.59 Å². The second-order valence-corrected chi connectivity index (χ2v) is 5.88. The van der Waals surface area contributed by atoms with E-state index in [1.807, 2.05) is 13.8 Å². The predicted molar refractivity (Wildman–Crippen MR) is 86.0 cm³/mol. The molecular weight excluding hydrogens is 318 g/mol. The fraction of sp³-hybridized carbons (Fsp3) is 0.529. The minimum atomic E-state index is -0.913. The highest BCUT2D eigenvalue weighted by Crippen LogP contribution is 2.21. The first-order valence-electron chi connectivity index (χ1n) is 7.91. The monoisotopic (exact) mass is 342 g/mol. The van der Waals surface area contributed by atoms with Crippen LogP contribution in [-0.4, -0.2) is 29.6 Å². The summed E-state index contributed by atoms with van der Waals surface area (Å²) in [7, 11) is 0. The van der Waals surface area contributed by atoms with Crippen molar-refractivity contribution in [3.05, 3.63) is 35.4 Å². The lowest BCUT2D eigenvalue weighted by Gasteiger charge is -2.21. The van der Waals surface area contributed by atoms with Gasteiger partial charge in [0.15, 0.2) is 0 Å². The quantitative estimate of drug-likeness (QED) is 0.677.